The van der Waals surface area contributed by atoms with Gasteiger partial charge in [0.05, 0.1) is 12.3 Å². The normalized spacial score (nSPS) is 18.2. The predicted octanol–water partition coefficient (Wildman–Crippen LogP) is 3.95. The molecule has 27 heavy (non-hydrogen) atoms. The second kappa shape index (κ2) is 7.00. The zero-order valence-corrected chi connectivity index (χ0v) is 15.8. The second-order valence-electron chi connectivity index (χ2n) is 7.46. The molecule has 3 aromatic heterocycles. The fourth-order valence-electron chi connectivity index (χ4n) is 3.74. The van der Waals surface area contributed by atoms with Crippen LogP contribution in [0.5, 0.6) is 5.88 Å². The average Bonchev–Trinajstić information content (AvgIpc) is 3.46. The van der Waals surface area contributed by atoms with E-state index in [1.165, 1.54) is 18.5 Å². The maximum absolute atomic E-state index is 6.12. The van der Waals surface area contributed by atoms with Crippen LogP contribution in [0.1, 0.15) is 37.3 Å². The molecule has 5 rings (SSSR count). The van der Waals surface area contributed by atoms with Crippen LogP contribution >= 0.6 is 11.6 Å². The van der Waals surface area contributed by atoms with Crippen molar-refractivity contribution in [1.82, 2.24) is 19.6 Å². The standard InChI is InChI=1S/C20H22ClN5O/c21-16-2-1-7-23-20(16)27-13-14-5-9-25(10-6-14)19-18-12-17(15-3-4-15)24-26(18)11-8-22-19/h1-2,7-8,11-12,14-15H,3-6,9-10,13H2. The highest BCUT2D eigenvalue weighted by Crippen LogP contribution is 2.40. The number of hydrogen-bond donors (Lipinski definition) is 0. The van der Waals surface area contributed by atoms with E-state index < -0.39 is 0 Å². The molecule has 4 heterocycles. The lowest BCUT2D eigenvalue weighted by Gasteiger charge is -2.32. The summed E-state index contributed by atoms with van der Waals surface area (Å²) in [5.74, 6) is 2.73. The fourth-order valence-corrected chi connectivity index (χ4v) is 3.91. The summed E-state index contributed by atoms with van der Waals surface area (Å²) in [6.07, 6.45) is 10.2. The molecule has 2 fully saturated rings. The van der Waals surface area contributed by atoms with Crippen molar-refractivity contribution >= 4 is 22.9 Å². The van der Waals surface area contributed by atoms with Crippen molar-refractivity contribution in [2.75, 3.05) is 24.6 Å². The van der Waals surface area contributed by atoms with E-state index in [-0.39, 0.29) is 0 Å². The molecule has 6 nitrogen and oxygen atoms in total. The van der Waals surface area contributed by atoms with Crippen LogP contribution in [0.15, 0.2) is 36.8 Å². The Morgan fingerprint density at radius 1 is 1.11 bits per heavy atom. The van der Waals surface area contributed by atoms with Gasteiger partial charge in [0.2, 0.25) is 5.88 Å². The third-order valence-electron chi connectivity index (χ3n) is 5.48. The zero-order valence-electron chi connectivity index (χ0n) is 15.1. The van der Waals surface area contributed by atoms with Gasteiger partial charge in [-0.2, -0.15) is 5.10 Å². The van der Waals surface area contributed by atoms with E-state index in [1.54, 1.807) is 12.3 Å². The summed E-state index contributed by atoms with van der Waals surface area (Å²) in [5.41, 5.74) is 2.33. The lowest BCUT2D eigenvalue weighted by atomic mass is 9.98. The number of ether oxygens (including phenoxy) is 1. The summed E-state index contributed by atoms with van der Waals surface area (Å²) in [6.45, 7) is 2.60. The number of aromatic nitrogens is 4. The number of nitrogens with zero attached hydrogens (tertiary/aromatic N) is 5. The van der Waals surface area contributed by atoms with Crippen LogP contribution in [-0.2, 0) is 0 Å². The van der Waals surface area contributed by atoms with Gasteiger partial charge in [0, 0.05) is 37.6 Å². The molecule has 0 spiro atoms. The molecule has 0 unspecified atom stereocenters. The Kier molecular flexibility index (Phi) is 4.36. The van der Waals surface area contributed by atoms with E-state index in [0.717, 1.165) is 37.3 Å². The Labute approximate surface area is 163 Å². The highest BCUT2D eigenvalue weighted by molar-refractivity contribution is 6.31. The highest BCUT2D eigenvalue weighted by Gasteiger charge is 2.28. The van der Waals surface area contributed by atoms with Crippen LogP contribution in [0.2, 0.25) is 5.02 Å². The molecule has 1 aliphatic heterocycles. The average molecular weight is 384 g/mol. The molecule has 1 saturated heterocycles. The minimum Gasteiger partial charge on any atom is -0.476 e. The first-order valence-corrected chi connectivity index (χ1v) is 9.98. The molecule has 140 valence electrons. The first kappa shape index (κ1) is 16.8. The van der Waals surface area contributed by atoms with E-state index in [4.69, 9.17) is 21.4 Å². The van der Waals surface area contributed by atoms with Crippen LogP contribution in [0.3, 0.4) is 0 Å². The van der Waals surface area contributed by atoms with Gasteiger partial charge in [-0.25, -0.2) is 14.5 Å². The van der Waals surface area contributed by atoms with E-state index in [2.05, 4.69) is 20.9 Å². The van der Waals surface area contributed by atoms with Crippen LogP contribution in [0, 0.1) is 5.92 Å². The Bertz CT molecular complexity index is 946. The molecule has 1 saturated carbocycles. The molecule has 2 aliphatic rings. The minimum atomic E-state index is 0.506. The number of pyridine rings is 1. The van der Waals surface area contributed by atoms with Crippen LogP contribution in [0.25, 0.3) is 5.52 Å². The van der Waals surface area contributed by atoms with Crippen molar-refractivity contribution in [1.29, 1.82) is 0 Å². The maximum atomic E-state index is 6.12. The molecular weight excluding hydrogens is 362 g/mol. The van der Waals surface area contributed by atoms with Gasteiger partial charge < -0.3 is 9.64 Å². The number of fused-ring (bicyclic) bond motifs is 1. The SMILES string of the molecule is Clc1cccnc1OCC1CCN(c2nccn3nc(C4CC4)cc23)CC1. The third-order valence-corrected chi connectivity index (χ3v) is 5.77. The molecule has 3 aromatic rings. The topological polar surface area (TPSA) is 55.5 Å². The lowest BCUT2D eigenvalue weighted by molar-refractivity contribution is 0.216. The van der Waals surface area contributed by atoms with Gasteiger partial charge >= 0.3 is 0 Å². The summed E-state index contributed by atoms with van der Waals surface area (Å²) >= 11 is 6.12. The Balaban J connectivity index is 1.24. The van der Waals surface area contributed by atoms with Crippen LogP contribution < -0.4 is 9.64 Å². The molecular formula is C20H22ClN5O. The van der Waals surface area contributed by atoms with Gasteiger partial charge in [0.1, 0.15) is 10.5 Å². The summed E-state index contributed by atoms with van der Waals surface area (Å²) in [7, 11) is 0. The summed E-state index contributed by atoms with van der Waals surface area (Å²) < 4.78 is 7.81. The van der Waals surface area contributed by atoms with Crippen molar-refractivity contribution in [2.45, 2.75) is 31.6 Å². The van der Waals surface area contributed by atoms with Crippen molar-refractivity contribution in [3.63, 3.8) is 0 Å². The minimum absolute atomic E-state index is 0.506. The number of rotatable bonds is 5. The van der Waals surface area contributed by atoms with Crippen molar-refractivity contribution in [3.8, 4) is 5.88 Å². The van der Waals surface area contributed by atoms with Gasteiger partial charge in [-0.3, -0.25) is 0 Å². The van der Waals surface area contributed by atoms with Crippen molar-refractivity contribution in [3.05, 3.63) is 47.5 Å². The van der Waals surface area contributed by atoms with Crippen LogP contribution in [0.4, 0.5) is 5.82 Å². The quantitative estimate of drug-likeness (QED) is 0.667. The first-order valence-electron chi connectivity index (χ1n) is 9.60. The Hall–Kier alpha value is -2.34. The predicted molar refractivity (Wildman–Crippen MR) is 105 cm³/mol. The van der Waals surface area contributed by atoms with E-state index in [9.17, 15) is 0 Å². The van der Waals surface area contributed by atoms with Gasteiger partial charge in [-0.05, 0) is 49.8 Å². The molecule has 1 aliphatic carbocycles. The van der Waals surface area contributed by atoms with E-state index >= 15 is 0 Å². The zero-order chi connectivity index (χ0) is 18.2. The number of anilines is 1. The largest absolute Gasteiger partial charge is 0.476 e. The first-order chi connectivity index (χ1) is 13.3. The summed E-state index contributed by atoms with van der Waals surface area (Å²) in [5, 5.41) is 5.29. The molecule has 7 heteroatoms. The second-order valence-corrected chi connectivity index (χ2v) is 7.86. The molecule has 0 aromatic carbocycles. The summed E-state index contributed by atoms with van der Waals surface area (Å²) in [6, 6.07) is 5.84. The molecule has 0 N–H and O–H groups in total. The fraction of sp³-hybridized carbons (Fsp3) is 0.450. The van der Waals surface area contributed by atoms with Gasteiger partial charge in [0.15, 0.2) is 5.82 Å². The number of halogens is 1. The van der Waals surface area contributed by atoms with E-state index in [1.807, 2.05) is 23.0 Å². The third kappa shape index (κ3) is 3.46. The smallest absolute Gasteiger partial charge is 0.232 e. The molecule has 0 bridgehead atoms. The molecule has 0 amide bonds. The van der Waals surface area contributed by atoms with E-state index in [0.29, 0.717) is 29.3 Å². The van der Waals surface area contributed by atoms with Crippen LogP contribution in [-0.4, -0.2) is 39.3 Å². The van der Waals surface area contributed by atoms with Crippen molar-refractivity contribution in [2.24, 2.45) is 5.92 Å². The van der Waals surface area contributed by atoms with Gasteiger partial charge in [-0.15, -0.1) is 0 Å². The Morgan fingerprint density at radius 3 is 2.74 bits per heavy atom. The molecule has 0 atom stereocenters. The number of hydrogen-bond acceptors (Lipinski definition) is 5. The Morgan fingerprint density at radius 2 is 1.96 bits per heavy atom. The molecule has 0 radical (unpaired) electrons. The van der Waals surface area contributed by atoms with Gasteiger partial charge in [0.25, 0.3) is 0 Å². The van der Waals surface area contributed by atoms with Crippen molar-refractivity contribution < 1.29 is 4.74 Å². The number of piperidine rings is 1. The lowest BCUT2D eigenvalue weighted by Crippen LogP contribution is -2.36. The monoisotopic (exact) mass is 383 g/mol. The summed E-state index contributed by atoms with van der Waals surface area (Å²) in [4.78, 5) is 11.2. The van der Waals surface area contributed by atoms with Gasteiger partial charge in [-0.1, -0.05) is 11.6 Å². The maximum Gasteiger partial charge on any atom is 0.232 e. The highest BCUT2D eigenvalue weighted by atomic mass is 35.5.